The first-order valence-electron chi connectivity index (χ1n) is 8.65. The van der Waals surface area contributed by atoms with E-state index >= 15 is 0 Å². The second-order valence-corrected chi connectivity index (χ2v) is 6.84. The molecule has 1 N–H and O–H groups in total. The molecule has 2 aromatic rings. The molecule has 0 bridgehead atoms. The highest BCUT2D eigenvalue weighted by Gasteiger charge is 2.35. The normalized spacial score (nSPS) is 16.1. The largest absolute Gasteiger partial charge is 0.455 e. The first kappa shape index (κ1) is 19.8. The second kappa shape index (κ2) is 8.84. The Balaban J connectivity index is 1.48. The summed E-state index contributed by atoms with van der Waals surface area (Å²) in [5.41, 5.74) is 1.19. The predicted molar refractivity (Wildman–Crippen MR) is 101 cm³/mol. The van der Waals surface area contributed by atoms with Crippen LogP contribution in [0.5, 0.6) is 0 Å². The molecular formula is C20H18ClFN2O4. The van der Waals surface area contributed by atoms with E-state index in [1.165, 1.54) is 24.3 Å². The van der Waals surface area contributed by atoms with Gasteiger partial charge >= 0.3 is 5.97 Å². The molecule has 0 radical (unpaired) electrons. The smallest absolute Gasteiger partial charge is 0.311 e. The molecule has 1 aliphatic heterocycles. The first-order chi connectivity index (χ1) is 13.4. The average Bonchev–Trinajstić information content (AvgIpc) is 3.04. The Bertz CT molecular complexity index is 888. The molecule has 0 unspecified atom stereocenters. The van der Waals surface area contributed by atoms with Crippen molar-refractivity contribution >= 4 is 35.1 Å². The Hall–Kier alpha value is -2.93. The van der Waals surface area contributed by atoms with Crippen molar-refractivity contribution in [1.82, 2.24) is 4.90 Å². The minimum Gasteiger partial charge on any atom is -0.455 e. The van der Waals surface area contributed by atoms with E-state index in [0.29, 0.717) is 17.3 Å². The van der Waals surface area contributed by atoms with Crippen LogP contribution >= 0.6 is 11.6 Å². The Labute approximate surface area is 166 Å². The fourth-order valence-corrected chi connectivity index (χ4v) is 3.10. The van der Waals surface area contributed by atoms with Crippen molar-refractivity contribution in [2.24, 2.45) is 5.92 Å². The summed E-state index contributed by atoms with van der Waals surface area (Å²) < 4.78 is 17.9. The van der Waals surface area contributed by atoms with Crippen LogP contribution in [-0.4, -0.2) is 35.8 Å². The molecule has 3 rings (SSSR count). The second-order valence-electron chi connectivity index (χ2n) is 6.43. The van der Waals surface area contributed by atoms with E-state index in [2.05, 4.69) is 5.32 Å². The van der Waals surface area contributed by atoms with E-state index in [4.69, 9.17) is 16.3 Å². The lowest BCUT2D eigenvalue weighted by molar-refractivity contribution is -0.151. The highest BCUT2D eigenvalue weighted by atomic mass is 35.5. The van der Waals surface area contributed by atoms with Crippen molar-refractivity contribution in [3.63, 3.8) is 0 Å². The van der Waals surface area contributed by atoms with Gasteiger partial charge in [-0.3, -0.25) is 14.4 Å². The highest BCUT2D eigenvalue weighted by molar-refractivity contribution is 6.31. The third-order valence-corrected chi connectivity index (χ3v) is 4.71. The van der Waals surface area contributed by atoms with Crippen LogP contribution in [0.3, 0.4) is 0 Å². The van der Waals surface area contributed by atoms with Gasteiger partial charge in [-0.1, -0.05) is 29.8 Å². The number of rotatable bonds is 6. The van der Waals surface area contributed by atoms with Gasteiger partial charge in [0.1, 0.15) is 5.82 Å². The van der Waals surface area contributed by atoms with Crippen molar-refractivity contribution in [3.8, 4) is 0 Å². The highest BCUT2D eigenvalue weighted by Crippen LogP contribution is 2.24. The van der Waals surface area contributed by atoms with Gasteiger partial charge in [-0.05, 0) is 35.9 Å². The maximum atomic E-state index is 12.9. The molecule has 2 aromatic carbocycles. The number of benzene rings is 2. The summed E-state index contributed by atoms with van der Waals surface area (Å²) in [4.78, 5) is 37.8. The molecule has 8 heteroatoms. The molecule has 0 aromatic heterocycles. The van der Waals surface area contributed by atoms with Crippen LogP contribution < -0.4 is 5.32 Å². The molecule has 28 heavy (non-hydrogen) atoms. The van der Waals surface area contributed by atoms with E-state index in [0.717, 1.165) is 5.56 Å². The van der Waals surface area contributed by atoms with Crippen LogP contribution in [0.15, 0.2) is 48.5 Å². The van der Waals surface area contributed by atoms with Crippen LogP contribution in [0.2, 0.25) is 5.02 Å². The van der Waals surface area contributed by atoms with Crippen LogP contribution in [0.1, 0.15) is 12.0 Å². The summed E-state index contributed by atoms with van der Waals surface area (Å²) >= 11 is 6.11. The number of likely N-dealkylation sites (tertiary alicyclic amines) is 1. The van der Waals surface area contributed by atoms with E-state index in [1.807, 2.05) is 12.1 Å². The lowest BCUT2D eigenvalue weighted by Gasteiger charge is -2.17. The number of carbonyl (C=O) groups is 3. The number of anilines is 1. The van der Waals surface area contributed by atoms with Crippen LogP contribution in [0.4, 0.5) is 10.1 Å². The first-order valence-corrected chi connectivity index (χ1v) is 9.03. The van der Waals surface area contributed by atoms with Gasteiger partial charge in [-0.25, -0.2) is 4.39 Å². The Morgan fingerprint density at radius 3 is 2.61 bits per heavy atom. The predicted octanol–water partition coefficient (Wildman–Crippen LogP) is 3.01. The Kier molecular flexibility index (Phi) is 6.26. The van der Waals surface area contributed by atoms with Crippen molar-refractivity contribution < 1.29 is 23.5 Å². The standard InChI is InChI=1S/C20H18ClFN2O4/c21-17-4-2-1-3-13(17)10-24-11-14(9-19(24)26)20(27)28-12-18(25)23-16-7-5-15(22)6-8-16/h1-8,14H,9-12H2,(H,23,25)/t14-/m0/s1. The third kappa shape index (κ3) is 5.07. The summed E-state index contributed by atoms with van der Waals surface area (Å²) in [6.45, 7) is 0.0429. The SMILES string of the molecule is O=C(COC(=O)[C@H]1CC(=O)N(Cc2ccccc2Cl)C1)Nc1ccc(F)cc1. The van der Waals surface area contributed by atoms with E-state index in [1.54, 1.807) is 17.0 Å². The van der Waals surface area contributed by atoms with Crippen molar-refractivity contribution in [2.45, 2.75) is 13.0 Å². The molecule has 1 atom stereocenters. The van der Waals surface area contributed by atoms with Gasteiger partial charge < -0.3 is 15.0 Å². The van der Waals surface area contributed by atoms with Gasteiger partial charge in [-0.2, -0.15) is 0 Å². The minimum atomic E-state index is -0.631. The zero-order valence-corrected chi connectivity index (χ0v) is 15.6. The van der Waals surface area contributed by atoms with Crippen LogP contribution in [-0.2, 0) is 25.7 Å². The molecule has 1 aliphatic rings. The number of nitrogens with zero attached hydrogens (tertiary/aromatic N) is 1. The van der Waals surface area contributed by atoms with Crippen molar-refractivity contribution in [1.29, 1.82) is 0 Å². The molecule has 146 valence electrons. The van der Waals surface area contributed by atoms with Gasteiger partial charge in [0.05, 0.1) is 5.92 Å². The Morgan fingerprint density at radius 1 is 1.18 bits per heavy atom. The lowest BCUT2D eigenvalue weighted by Crippen LogP contribution is -2.28. The number of esters is 1. The molecule has 1 heterocycles. The monoisotopic (exact) mass is 404 g/mol. The fourth-order valence-electron chi connectivity index (χ4n) is 2.90. The molecular weight excluding hydrogens is 387 g/mol. The topological polar surface area (TPSA) is 75.7 Å². The molecule has 0 spiro atoms. The Morgan fingerprint density at radius 2 is 1.89 bits per heavy atom. The zero-order chi connectivity index (χ0) is 20.1. The summed E-state index contributed by atoms with van der Waals surface area (Å²) in [6, 6.07) is 12.4. The molecule has 1 saturated heterocycles. The minimum absolute atomic E-state index is 0.0306. The maximum absolute atomic E-state index is 12.9. The molecule has 0 aliphatic carbocycles. The fraction of sp³-hybridized carbons (Fsp3) is 0.250. The summed E-state index contributed by atoms with van der Waals surface area (Å²) in [7, 11) is 0. The number of ether oxygens (including phenoxy) is 1. The summed E-state index contributed by atoms with van der Waals surface area (Å²) in [6.07, 6.45) is 0.0306. The van der Waals surface area contributed by atoms with E-state index < -0.39 is 30.2 Å². The molecule has 1 fully saturated rings. The van der Waals surface area contributed by atoms with Gasteiger partial charge in [-0.15, -0.1) is 0 Å². The lowest BCUT2D eigenvalue weighted by atomic mass is 10.1. The number of halogens is 2. The van der Waals surface area contributed by atoms with Gasteiger partial charge in [0, 0.05) is 30.2 Å². The molecule has 2 amide bonds. The van der Waals surface area contributed by atoms with Gasteiger partial charge in [0.15, 0.2) is 6.61 Å². The molecule has 6 nitrogen and oxygen atoms in total. The summed E-state index contributed by atoms with van der Waals surface area (Å²) in [5, 5.41) is 3.05. The number of hydrogen-bond donors (Lipinski definition) is 1. The number of carbonyl (C=O) groups excluding carboxylic acids is 3. The number of amides is 2. The third-order valence-electron chi connectivity index (χ3n) is 4.34. The van der Waals surface area contributed by atoms with Gasteiger partial charge in [0.2, 0.25) is 5.91 Å². The van der Waals surface area contributed by atoms with Crippen LogP contribution in [0.25, 0.3) is 0 Å². The number of nitrogens with one attached hydrogen (secondary N) is 1. The van der Waals surface area contributed by atoms with Crippen molar-refractivity contribution in [3.05, 3.63) is 64.9 Å². The van der Waals surface area contributed by atoms with Gasteiger partial charge in [0.25, 0.3) is 5.91 Å². The maximum Gasteiger partial charge on any atom is 0.311 e. The average molecular weight is 405 g/mol. The quantitative estimate of drug-likeness (QED) is 0.751. The number of hydrogen-bond acceptors (Lipinski definition) is 4. The summed E-state index contributed by atoms with van der Waals surface area (Å²) in [5.74, 6) is -2.37. The van der Waals surface area contributed by atoms with E-state index in [-0.39, 0.29) is 18.9 Å². The zero-order valence-electron chi connectivity index (χ0n) is 14.9. The van der Waals surface area contributed by atoms with E-state index in [9.17, 15) is 18.8 Å². The van der Waals surface area contributed by atoms with Crippen molar-refractivity contribution in [2.75, 3.05) is 18.5 Å². The van der Waals surface area contributed by atoms with Crippen LogP contribution in [0, 0.1) is 11.7 Å². The molecule has 0 saturated carbocycles.